The summed E-state index contributed by atoms with van der Waals surface area (Å²) < 4.78 is 5.44. The number of hydrogen-bond donors (Lipinski definition) is 1. The van der Waals surface area contributed by atoms with Gasteiger partial charge >= 0.3 is 0 Å². The first-order valence-electron chi connectivity index (χ1n) is 6.13. The molecule has 0 atom stereocenters. The van der Waals surface area contributed by atoms with Gasteiger partial charge in [0.25, 0.3) is 5.91 Å². The summed E-state index contributed by atoms with van der Waals surface area (Å²) in [5.74, 6) is 0.511. The van der Waals surface area contributed by atoms with Gasteiger partial charge in [-0.15, -0.1) is 0 Å². The zero-order chi connectivity index (χ0) is 13.6. The smallest absolute Gasteiger partial charge is 0.274 e. The van der Waals surface area contributed by atoms with Crippen molar-refractivity contribution in [2.24, 2.45) is 0 Å². The Morgan fingerprint density at radius 3 is 2.33 bits per heavy atom. The fraction of sp³-hybridized carbons (Fsp3) is 0.500. The van der Waals surface area contributed by atoms with E-state index in [1.165, 1.54) is 0 Å². The molecule has 0 saturated heterocycles. The summed E-state index contributed by atoms with van der Waals surface area (Å²) in [6.45, 7) is 8.34. The molecule has 0 aliphatic carbocycles. The van der Waals surface area contributed by atoms with Crippen LogP contribution in [0.5, 0.6) is 5.75 Å². The summed E-state index contributed by atoms with van der Waals surface area (Å²) in [4.78, 5) is 16.9. The average Bonchev–Trinajstić information content (AvgIpc) is 2.33. The highest BCUT2D eigenvalue weighted by Gasteiger charge is 2.13. The molecule has 4 heteroatoms. The third-order valence-electron chi connectivity index (χ3n) is 2.04. The predicted molar refractivity (Wildman–Crippen MR) is 70.5 cm³/mol. The van der Waals surface area contributed by atoms with Crippen LogP contribution >= 0.6 is 0 Å². The Labute approximate surface area is 108 Å². The first kappa shape index (κ1) is 14.5. The fourth-order valence-electron chi connectivity index (χ4n) is 1.18. The van der Waals surface area contributed by atoms with Gasteiger partial charge < -0.3 is 4.74 Å². The molecule has 1 rings (SSSR count). The fourth-order valence-corrected chi connectivity index (χ4v) is 1.18. The highest BCUT2D eigenvalue weighted by Crippen LogP contribution is 2.13. The molecule has 0 aliphatic heterocycles. The number of nitrogens with one attached hydrogen (secondary N) is 1. The van der Waals surface area contributed by atoms with Crippen molar-refractivity contribution in [3.05, 3.63) is 29.8 Å². The van der Waals surface area contributed by atoms with Crippen LogP contribution < -0.4 is 10.2 Å². The normalized spacial score (nSPS) is 11.1. The second-order valence-electron chi connectivity index (χ2n) is 5.02. The summed E-state index contributed by atoms with van der Waals surface area (Å²) in [6, 6.07) is 6.99. The maximum absolute atomic E-state index is 11.7. The summed E-state index contributed by atoms with van der Waals surface area (Å²) in [7, 11) is 0. The maximum atomic E-state index is 11.7. The topological polar surface area (TPSA) is 47.6 Å². The molecule has 0 aromatic heterocycles. The molecule has 100 valence electrons. The molecule has 0 saturated carbocycles. The van der Waals surface area contributed by atoms with Gasteiger partial charge in [-0.2, -0.15) is 0 Å². The quantitative estimate of drug-likeness (QED) is 0.818. The molecule has 1 aromatic rings. The molecule has 1 N–H and O–H groups in total. The number of rotatable bonds is 5. The second kappa shape index (κ2) is 6.40. The molecule has 1 aromatic carbocycles. The summed E-state index contributed by atoms with van der Waals surface area (Å²) in [5.41, 5.74) is 2.56. The van der Waals surface area contributed by atoms with E-state index in [-0.39, 0.29) is 5.91 Å². The van der Waals surface area contributed by atoms with Crippen molar-refractivity contribution < 1.29 is 14.4 Å². The second-order valence-corrected chi connectivity index (χ2v) is 5.02. The number of benzene rings is 1. The van der Waals surface area contributed by atoms with Gasteiger partial charge in [0.15, 0.2) is 0 Å². The molecule has 0 aliphatic rings. The van der Waals surface area contributed by atoms with Crippen molar-refractivity contribution in [1.82, 2.24) is 5.48 Å². The van der Waals surface area contributed by atoms with Crippen LogP contribution in [0.1, 0.15) is 44.5 Å². The van der Waals surface area contributed by atoms with E-state index >= 15 is 0 Å². The average molecular weight is 251 g/mol. The minimum atomic E-state index is -0.403. The van der Waals surface area contributed by atoms with Gasteiger partial charge in [-0.25, -0.2) is 5.48 Å². The van der Waals surface area contributed by atoms with E-state index in [1.807, 2.05) is 27.7 Å². The van der Waals surface area contributed by atoms with Gasteiger partial charge in [-0.3, -0.25) is 9.63 Å². The lowest BCUT2D eigenvalue weighted by atomic mass is 10.2. The van der Waals surface area contributed by atoms with Gasteiger partial charge in [-0.1, -0.05) is 6.92 Å². The van der Waals surface area contributed by atoms with Crippen LogP contribution in [0.2, 0.25) is 0 Å². The van der Waals surface area contributed by atoms with Crippen molar-refractivity contribution in [3.63, 3.8) is 0 Å². The van der Waals surface area contributed by atoms with E-state index < -0.39 is 5.60 Å². The SMILES string of the molecule is CCCOc1ccc(C(=O)NOC(C)(C)C)cc1. The highest BCUT2D eigenvalue weighted by molar-refractivity contribution is 5.93. The van der Waals surface area contributed by atoms with E-state index in [2.05, 4.69) is 5.48 Å². The Morgan fingerprint density at radius 2 is 1.83 bits per heavy atom. The highest BCUT2D eigenvalue weighted by atomic mass is 16.7. The monoisotopic (exact) mass is 251 g/mol. The van der Waals surface area contributed by atoms with Crippen molar-refractivity contribution in [2.45, 2.75) is 39.7 Å². The Morgan fingerprint density at radius 1 is 1.22 bits per heavy atom. The van der Waals surface area contributed by atoms with Crippen LogP contribution in [0, 0.1) is 0 Å². The third kappa shape index (κ3) is 5.19. The number of hydroxylamine groups is 1. The van der Waals surface area contributed by atoms with Crippen molar-refractivity contribution >= 4 is 5.91 Å². The van der Waals surface area contributed by atoms with E-state index in [4.69, 9.17) is 9.57 Å². The minimum Gasteiger partial charge on any atom is -0.494 e. The van der Waals surface area contributed by atoms with Crippen LogP contribution in [0.4, 0.5) is 0 Å². The Balaban J connectivity index is 2.54. The Hall–Kier alpha value is -1.55. The van der Waals surface area contributed by atoms with Crippen LogP contribution in [0.3, 0.4) is 0 Å². The zero-order valence-corrected chi connectivity index (χ0v) is 11.4. The molecule has 0 fully saturated rings. The number of ether oxygens (including phenoxy) is 1. The van der Waals surface area contributed by atoms with E-state index in [0.717, 1.165) is 12.2 Å². The van der Waals surface area contributed by atoms with Crippen LogP contribution in [0.15, 0.2) is 24.3 Å². The lowest BCUT2D eigenvalue weighted by Gasteiger charge is -2.18. The number of carbonyl (C=O) groups excluding carboxylic acids is 1. The minimum absolute atomic E-state index is 0.257. The van der Waals surface area contributed by atoms with Gasteiger partial charge in [0.2, 0.25) is 0 Å². The van der Waals surface area contributed by atoms with Gasteiger partial charge in [-0.05, 0) is 51.5 Å². The lowest BCUT2D eigenvalue weighted by molar-refractivity contribution is -0.0589. The summed E-state index contributed by atoms with van der Waals surface area (Å²) >= 11 is 0. The molecular weight excluding hydrogens is 230 g/mol. The number of amides is 1. The zero-order valence-electron chi connectivity index (χ0n) is 11.4. The molecule has 4 nitrogen and oxygen atoms in total. The largest absolute Gasteiger partial charge is 0.494 e. The first-order chi connectivity index (χ1) is 8.42. The molecular formula is C14H21NO3. The summed E-state index contributed by atoms with van der Waals surface area (Å²) in [5, 5.41) is 0. The van der Waals surface area contributed by atoms with Gasteiger partial charge in [0.1, 0.15) is 5.75 Å². The standard InChI is InChI=1S/C14H21NO3/c1-5-10-17-12-8-6-11(7-9-12)13(16)15-18-14(2,3)4/h6-9H,5,10H2,1-4H3,(H,15,16). The molecule has 0 spiro atoms. The van der Waals surface area contributed by atoms with Crippen LogP contribution in [0.25, 0.3) is 0 Å². The van der Waals surface area contributed by atoms with Crippen molar-refractivity contribution in [3.8, 4) is 5.75 Å². The van der Waals surface area contributed by atoms with Crippen molar-refractivity contribution in [1.29, 1.82) is 0 Å². The van der Waals surface area contributed by atoms with Crippen molar-refractivity contribution in [2.75, 3.05) is 6.61 Å². The summed E-state index contributed by atoms with van der Waals surface area (Å²) in [6.07, 6.45) is 0.960. The molecule has 18 heavy (non-hydrogen) atoms. The first-order valence-corrected chi connectivity index (χ1v) is 6.13. The molecule has 0 radical (unpaired) electrons. The predicted octanol–water partition coefficient (Wildman–Crippen LogP) is 2.94. The van der Waals surface area contributed by atoms with Gasteiger partial charge in [0, 0.05) is 5.56 Å². The van der Waals surface area contributed by atoms with Crippen LogP contribution in [-0.2, 0) is 4.84 Å². The molecule has 1 amide bonds. The number of carbonyl (C=O) groups is 1. The maximum Gasteiger partial charge on any atom is 0.274 e. The Bertz CT molecular complexity index is 379. The Kier molecular flexibility index (Phi) is 5.16. The number of hydrogen-bond acceptors (Lipinski definition) is 3. The van der Waals surface area contributed by atoms with E-state index in [9.17, 15) is 4.79 Å². The van der Waals surface area contributed by atoms with Crippen LogP contribution in [-0.4, -0.2) is 18.1 Å². The lowest BCUT2D eigenvalue weighted by Crippen LogP contribution is -2.33. The third-order valence-corrected chi connectivity index (χ3v) is 2.04. The van der Waals surface area contributed by atoms with Gasteiger partial charge in [0.05, 0.1) is 12.2 Å². The van der Waals surface area contributed by atoms with E-state index in [0.29, 0.717) is 12.2 Å². The molecule has 0 unspecified atom stereocenters. The molecule has 0 heterocycles. The molecule has 0 bridgehead atoms. The van der Waals surface area contributed by atoms with E-state index in [1.54, 1.807) is 24.3 Å².